The summed E-state index contributed by atoms with van der Waals surface area (Å²) < 4.78 is 13.5. The van der Waals surface area contributed by atoms with Crippen molar-refractivity contribution >= 4 is 11.6 Å². The van der Waals surface area contributed by atoms with Crippen molar-refractivity contribution in [3.05, 3.63) is 42.2 Å². The Balaban J connectivity index is 1.41. The SMILES string of the molecule is Cn1cc([C@H]2CNC[C@@H]2C(=O)Nc2ccccc2OCC2CCCCO2)cn1. The molecule has 2 aliphatic rings. The number of para-hydroxylation sites is 2. The van der Waals surface area contributed by atoms with Crippen molar-refractivity contribution in [2.24, 2.45) is 13.0 Å². The molecular formula is C21H28N4O3. The fourth-order valence-corrected chi connectivity index (χ4v) is 3.98. The zero-order valence-corrected chi connectivity index (χ0v) is 16.3. The average molecular weight is 384 g/mol. The Labute approximate surface area is 165 Å². The number of aromatic nitrogens is 2. The third kappa shape index (κ3) is 4.36. The molecule has 7 nitrogen and oxygen atoms in total. The van der Waals surface area contributed by atoms with Gasteiger partial charge < -0.3 is 20.1 Å². The maximum absolute atomic E-state index is 13.0. The van der Waals surface area contributed by atoms with Crippen LogP contribution >= 0.6 is 0 Å². The molecule has 3 heterocycles. The van der Waals surface area contributed by atoms with Gasteiger partial charge in [-0.1, -0.05) is 12.1 Å². The maximum atomic E-state index is 13.0. The van der Waals surface area contributed by atoms with E-state index in [0.29, 0.717) is 24.6 Å². The molecule has 4 rings (SSSR count). The molecule has 0 bridgehead atoms. The summed E-state index contributed by atoms with van der Waals surface area (Å²) in [5.41, 5.74) is 1.80. The van der Waals surface area contributed by atoms with Gasteiger partial charge in [-0.25, -0.2) is 0 Å². The topological polar surface area (TPSA) is 77.4 Å². The molecule has 1 unspecified atom stereocenters. The lowest BCUT2D eigenvalue weighted by molar-refractivity contribution is -0.119. The van der Waals surface area contributed by atoms with E-state index in [1.165, 1.54) is 6.42 Å². The average Bonchev–Trinajstić information content (AvgIpc) is 3.37. The summed E-state index contributed by atoms with van der Waals surface area (Å²) in [6.07, 6.45) is 7.28. The van der Waals surface area contributed by atoms with Crippen LogP contribution in [-0.2, 0) is 16.6 Å². The number of nitrogens with zero attached hydrogens (tertiary/aromatic N) is 2. The first-order valence-corrected chi connectivity index (χ1v) is 10.0. The Morgan fingerprint density at radius 2 is 2.25 bits per heavy atom. The van der Waals surface area contributed by atoms with Crippen molar-refractivity contribution < 1.29 is 14.3 Å². The predicted octanol–water partition coefficient (Wildman–Crippen LogP) is 2.31. The molecule has 1 amide bonds. The van der Waals surface area contributed by atoms with Crippen molar-refractivity contribution in [3.63, 3.8) is 0 Å². The van der Waals surface area contributed by atoms with Gasteiger partial charge in [-0.05, 0) is 37.0 Å². The molecule has 0 saturated carbocycles. The van der Waals surface area contributed by atoms with E-state index >= 15 is 0 Å². The number of hydrogen-bond acceptors (Lipinski definition) is 5. The van der Waals surface area contributed by atoms with Gasteiger partial charge in [-0.3, -0.25) is 9.48 Å². The number of amides is 1. The highest BCUT2D eigenvalue weighted by Gasteiger charge is 2.35. The molecule has 2 aromatic rings. The zero-order valence-electron chi connectivity index (χ0n) is 16.3. The molecule has 2 fully saturated rings. The van der Waals surface area contributed by atoms with Crippen LogP contribution in [0, 0.1) is 5.92 Å². The number of carbonyl (C=O) groups excluding carboxylic acids is 1. The molecule has 150 valence electrons. The van der Waals surface area contributed by atoms with Gasteiger partial charge in [0.25, 0.3) is 0 Å². The lowest BCUT2D eigenvalue weighted by Crippen LogP contribution is -2.29. The Bertz CT molecular complexity index is 800. The van der Waals surface area contributed by atoms with E-state index in [9.17, 15) is 4.79 Å². The molecule has 3 atom stereocenters. The smallest absolute Gasteiger partial charge is 0.229 e. The number of aryl methyl sites for hydroxylation is 1. The number of anilines is 1. The number of benzene rings is 1. The van der Waals surface area contributed by atoms with Gasteiger partial charge in [-0.15, -0.1) is 0 Å². The Morgan fingerprint density at radius 3 is 3.04 bits per heavy atom. The second kappa shape index (κ2) is 8.75. The van der Waals surface area contributed by atoms with Crippen molar-refractivity contribution in [1.29, 1.82) is 0 Å². The van der Waals surface area contributed by atoms with E-state index in [1.54, 1.807) is 4.68 Å². The van der Waals surface area contributed by atoms with Crippen LogP contribution in [0.15, 0.2) is 36.7 Å². The summed E-state index contributed by atoms with van der Waals surface area (Å²) in [5, 5.41) is 10.7. The number of carbonyl (C=O) groups is 1. The molecule has 1 aromatic heterocycles. The summed E-state index contributed by atoms with van der Waals surface area (Å²) in [7, 11) is 1.89. The minimum absolute atomic E-state index is 0.00354. The largest absolute Gasteiger partial charge is 0.489 e. The van der Waals surface area contributed by atoms with Crippen LogP contribution in [0.4, 0.5) is 5.69 Å². The van der Waals surface area contributed by atoms with Crippen LogP contribution in [0.2, 0.25) is 0 Å². The van der Waals surface area contributed by atoms with Crippen molar-refractivity contribution in [3.8, 4) is 5.75 Å². The van der Waals surface area contributed by atoms with Gasteiger partial charge in [0, 0.05) is 38.9 Å². The van der Waals surface area contributed by atoms with Crippen molar-refractivity contribution in [2.45, 2.75) is 31.3 Å². The molecule has 28 heavy (non-hydrogen) atoms. The minimum atomic E-state index is -0.140. The first-order valence-electron chi connectivity index (χ1n) is 10.0. The standard InChI is InChI=1S/C21H28N4O3/c1-25-13-15(10-23-25)17-11-22-12-18(17)21(26)24-19-7-2-3-8-20(19)28-14-16-6-4-5-9-27-16/h2-3,7-8,10,13,16-18,22H,4-6,9,11-12,14H2,1H3,(H,24,26)/t16?,17-,18+/m1/s1. The highest BCUT2D eigenvalue weighted by molar-refractivity contribution is 5.95. The molecule has 7 heteroatoms. The Morgan fingerprint density at radius 1 is 1.36 bits per heavy atom. The van der Waals surface area contributed by atoms with Gasteiger partial charge in [0.2, 0.25) is 5.91 Å². The second-order valence-corrected chi connectivity index (χ2v) is 7.60. The summed E-state index contributed by atoms with van der Waals surface area (Å²) in [5.74, 6) is 0.675. The molecule has 1 aromatic carbocycles. The van der Waals surface area contributed by atoms with Gasteiger partial charge >= 0.3 is 0 Å². The highest BCUT2D eigenvalue weighted by atomic mass is 16.5. The summed E-state index contributed by atoms with van der Waals surface area (Å²) in [6, 6.07) is 7.60. The van der Waals surface area contributed by atoms with E-state index in [1.807, 2.05) is 43.7 Å². The maximum Gasteiger partial charge on any atom is 0.229 e. The van der Waals surface area contributed by atoms with Gasteiger partial charge in [0.1, 0.15) is 12.4 Å². The first kappa shape index (κ1) is 19.0. The van der Waals surface area contributed by atoms with Crippen LogP contribution in [0.5, 0.6) is 5.75 Å². The molecule has 0 aliphatic carbocycles. The fraction of sp³-hybridized carbons (Fsp3) is 0.524. The lowest BCUT2D eigenvalue weighted by Gasteiger charge is -2.23. The summed E-state index contributed by atoms with van der Waals surface area (Å²) in [4.78, 5) is 13.0. The lowest BCUT2D eigenvalue weighted by atomic mass is 9.90. The van der Waals surface area contributed by atoms with E-state index in [-0.39, 0.29) is 23.8 Å². The molecule has 2 N–H and O–H groups in total. The summed E-state index contributed by atoms with van der Waals surface area (Å²) in [6.45, 7) is 2.75. The summed E-state index contributed by atoms with van der Waals surface area (Å²) >= 11 is 0. The van der Waals surface area contributed by atoms with E-state index in [4.69, 9.17) is 9.47 Å². The first-order chi connectivity index (χ1) is 13.7. The van der Waals surface area contributed by atoms with Crippen LogP contribution in [0.3, 0.4) is 0 Å². The molecule has 2 saturated heterocycles. The third-order valence-corrected chi connectivity index (χ3v) is 5.55. The van der Waals surface area contributed by atoms with Crippen LogP contribution in [-0.4, -0.2) is 48.1 Å². The van der Waals surface area contributed by atoms with Crippen LogP contribution in [0.1, 0.15) is 30.7 Å². The zero-order chi connectivity index (χ0) is 19.3. The molecule has 0 radical (unpaired) electrons. The number of hydrogen-bond donors (Lipinski definition) is 2. The number of nitrogens with one attached hydrogen (secondary N) is 2. The highest BCUT2D eigenvalue weighted by Crippen LogP contribution is 2.31. The molecule has 2 aliphatic heterocycles. The normalized spacial score (nSPS) is 24.8. The van der Waals surface area contributed by atoms with Gasteiger partial charge in [-0.2, -0.15) is 5.10 Å². The number of ether oxygens (including phenoxy) is 2. The van der Waals surface area contributed by atoms with Gasteiger partial charge in [0.15, 0.2) is 0 Å². The second-order valence-electron chi connectivity index (χ2n) is 7.60. The Hall–Kier alpha value is -2.38. The Kier molecular flexibility index (Phi) is 5.92. The number of rotatable bonds is 6. The fourth-order valence-electron chi connectivity index (χ4n) is 3.98. The van der Waals surface area contributed by atoms with E-state index in [0.717, 1.165) is 31.6 Å². The van der Waals surface area contributed by atoms with E-state index < -0.39 is 0 Å². The van der Waals surface area contributed by atoms with Gasteiger partial charge in [0.05, 0.1) is 23.9 Å². The van der Waals surface area contributed by atoms with Crippen LogP contribution < -0.4 is 15.4 Å². The third-order valence-electron chi connectivity index (χ3n) is 5.55. The van der Waals surface area contributed by atoms with Crippen LogP contribution in [0.25, 0.3) is 0 Å². The predicted molar refractivity (Wildman–Crippen MR) is 106 cm³/mol. The monoisotopic (exact) mass is 384 g/mol. The van der Waals surface area contributed by atoms with E-state index in [2.05, 4.69) is 15.7 Å². The van der Waals surface area contributed by atoms with Crippen molar-refractivity contribution in [1.82, 2.24) is 15.1 Å². The van der Waals surface area contributed by atoms with Crippen molar-refractivity contribution in [2.75, 3.05) is 31.6 Å². The minimum Gasteiger partial charge on any atom is -0.489 e. The molecular weight excluding hydrogens is 356 g/mol. The molecule has 0 spiro atoms. The quantitative estimate of drug-likeness (QED) is 0.799.